The van der Waals surface area contributed by atoms with Gasteiger partial charge in [-0.2, -0.15) is 0 Å². The summed E-state index contributed by atoms with van der Waals surface area (Å²) in [5.74, 6) is 1.95. The van der Waals surface area contributed by atoms with Crippen molar-refractivity contribution in [2.75, 3.05) is 18.7 Å². The Morgan fingerprint density at radius 1 is 0.700 bits per heavy atom. The van der Waals surface area contributed by atoms with Crippen molar-refractivity contribution in [1.29, 1.82) is 0 Å². The number of nitrogens with zero attached hydrogens (tertiary/aromatic N) is 4. The maximum absolute atomic E-state index is 6.22. The predicted octanol–water partition coefficient (Wildman–Crippen LogP) is 9.01. The average molecular weight is 815 g/mol. The Bertz CT molecular complexity index is 1920. The summed E-state index contributed by atoms with van der Waals surface area (Å²) < 4.78 is 14.5. The van der Waals surface area contributed by atoms with Crippen LogP contribution in [0, 0.1) is 3.57 Å². The number of nitrogens with two attached hydrogens (primary N) is 1. The Labute approximate surface area is 312 Å². The number of aryl methyl sites for hydroxylation is 1. The van der Waals surface area contributed by atoms with Crippen molar-refractivity contribution in [1.82, 2.24) is 19.5 Å². The maximum Gasteiger partial charge on any atom is 0.231 e. The summed E-state index contributed by atoms with van der Waals surface area (Å²) in [6.07, 6.45) is 12.5. The first-order valence-electron chi connectivity index (χ1n) is 17.4. The molecule has 3 heterocycles. The first kappa shape index (κ1) is 34.8. The number of anilines is 1. The van der Waals surface area contributed by atoms with E-state index in [1.807, 2.05) is 12.1 Å². The molecule has 0 saturated carbocycles. The zero-order valence-corrected chi connectivity index (χ0v) is 32.0. The highest BCUT2D eigenvalue weighted by Gasteiger charge is 2.44. The van der Waals surface area contributed by atoms with Crippen molar-refractivity contribution in [3.8, 4) is 11.5 Å². The minimum absolute atomic E-state index is 0.253. The fourth-order valence-corrected chi connectivity index (χ4v) is 13.0. The number of hydrogen-bond donors (Lipinski definition) is 1. The van der Waals surface area contributed by atoms with E-state index >= 15 is 0 Å². The van der Waals surface area contributed by atoms with E-state index < -0.39 is 7.26 Å². The number of ether oxygens (including phenoxy) is 2. The Hall–Kier alpha value is -3.66. The second-order valence-electron chi connectivity index (χ2n) is 12.6. The van der Waals surface area contributed by atoms with Gasteiger partial charge in [-0.3, -0.25) is 0 Å². The molecule has 0 spiro atoms. The highest BCUT2D eigenvalue weighted by molar-refractivity contribution is 14.1. The van der Waals surface area contributed by atoms with Crippen molar-refractivity contribution in [3.63, 3.8) is 0 Å². The molecule has 0 atom stereocenters. The minimum Gasteiger partial charge on any atom is -0.454 e. The van der Waals surface area contributed by atoms with E-state index in [-0.39, 0.29) is 6.79 Å². The molecule has 0 aliphatic carbocycles. The highest BCUT2D eigenvalue weighted by Crippen LogP contribution is 2.56. The molecule has 7 nitrogen and oxygen atoms in total. The van der Waals surface area contributed by atoms with Gasteiger partial charge in [-0.1, -0.05) is 98.5 Å². The lowest BCUT2D eigenvalue weighted by molar-refractivity contribution is 0.174. The molecule has 256 valence electrons. The van der Waals surface area contributed by atoms with Crippen LogP contribution in [-0.2, 0) is 6.54 Å². The molecule has 1 aliphatic rings. The number of benzene rings is 4. The molecule has 1 aliphatic heterocycles. The summed E-state index contributed by atoms with van der Waals surface area (Å²) in [6.45, 7) is 1.09. The lowest BCUT2D eigenvalue weighted by Gasteiger charge is -2.27. The maximum atomic E-state index is 6.22. The van der Waals surface area contributed by atoms with Gasteiger partial charge in [-0.05, 0) is 90.4 Å². The largest absolute Gasteiger partial charge is 0.454 e. The number of aromatic nitrogens is 4. The van der Waals surface area contributed by atoms with Gasteiger partial charge >= 0.3 is 0 Å². The van der Waals surface area contributed by atoms with E-state index in [1.165, 1.54) is 66.9 Å². The van der Waals surface area contributed by atoms with Gasteiger partial charge in [0.2, 0.25) is 6.79 Å². The zero-order valence-electron chi connectivity index (χ0n) is 28.1. The van der Waals surface area contributed by atoms with Crippen LogP contribution in [0.3, 0.4) is 0 Å². The smallest absolute Gasteiger partial charge is 0.231 e. The summed E-state index contributed by atoms with van der Waals surface area (Å²) in [5.41, 5.74) is 7.66. The molecule has 4 aromatic carbocycles. The van der Waals surface area contributed by atoms with Crippen LogP contribution in [-0.4, -0.2) is 32.5 Å². The van der Waals surface area contributed by atoms with Gasteiger partial charge in [-0.15, -0.1) is 0 Å². The zero-order chi connectivity index (χ0) is 34.2. The molecule has 0 saturated heterocycles. The quantitative estimate of drug-likeness (QED) is 0.0593. The first-order chi connectivity index (χ1) is 24.6. The molecule has 7 rings (SSSR count). The molecule has 6 aromatic rings. The van der Waals surface area contributed by atoms with Crippen molar-refractivity contribution in [2.24, 2.45) is 0 Å². The highest BCUT2D eigenvalue weighted by atomic mass is 127. The van der Waals surface area contributed by atoms with E-state index in [0.29, 0.717) is 11.3 Å². The minimum atomic E-state index is -1.74. The Balaban J connectivity index is 0.926. The predicted molar refractivity (Wildman–Crippen MR) is 216 cm³/mol. The van der Waals surface area contributed by atoms with Crippen molar-refractivity contribution in [3.05, 3.63) is 113 Å². The van der Waals surface area contributed by atoms with Gasteiger partial charge in [0, 0.05) is 15.0 Å². The number of rotatable bonds is 16. The topological polar surface area (TPSA) is 88.1 Å². The third kappa shape index (κ3) is 7.65. The number of unbranched alkanes of at least 4 members (excludes halogenated alkanes) is 7. The Kier molecular flexibility index (Phi) is 11.5. The SMILES string of the molecule is Nc1ncnc2c1nc(Sc1cc3c(cc1I)OCO3)n2CCCCCCCCCC[P+](c1ccccc1)(c1ccccc1)c1ccccc1. The van der Waals surface area contributed by atoms with Crippen LogP contribution in [0.15, 0.2) is 120 Å². The molecule has 2 aromatic heterocycles. The molecule has 2 N–H and O–H groups in total. The molecule has 0 radical (unpaired) electrons. The third-order valence-electron chi connectivity index (χ3n) is 9.37. The normalized spacial score (nSPS) is 12.5. The monoisotopic (exact) mass is 814 g/mol. The fraction of sp³-hybridized carbons (Fsp3) is 0.275. The van der Waals surface area contributed by atoms with Crippen LogP contribution in [0.2, 0.25) is 0 Å². The fourth-order valence-electron chi connectivity index (χ4n) is 6.85. The van der Waals surface area contributed by atoms with E-state index in [1.54, 1.807) is 11.8 Å². The van der Waals surface area contributed by atoms with Crippen molar-refractivity contribution >= 4 is 74.5 Å². The number of imidazole rings is 1. The van der Waals surface area contributed by atoms with Gasteiger partial charge in [0.05, 0.1) is 6.16 Å². The lowest BCUT2D eigenvalue weighted by Crippen LogP contribution is -2.33. The van der Waals surface area contributed by atoms with Gasteiger partial charge in [-0.25, -0.2) is 15.0 Å². The Morgan fingerprint density at radius 2 is 1.24 bits per heavy atom. The molecule has 0 fully saturated rings. The Morgan fingerprint density at radius 3 is 1.84 bits per heavy atom. The van der Waals surface area contributed by atoms with Crippen LogP contribution < -0.4 is 31.1 Å². The third-order valence-corrected chi connectivity index (χ3v) is 16.2. The standard InChI is InChI=1S/C40H42IN5O2PS/c41-33-26-34-35(48-29-47-34)27-36(33)50-40-45-37-38(42)43-28-44-39(37)46(40)24-16-5-3-1-2-4-6-17-25-49(30-18-10-7-11-19-30,31-20-12-8-13-21-31)32-22-14-9-15-23-32/h7-15,18-23,26-28H,1-6,16-17,24-25,29H2,(H2,42,43,44)/q+1. The first-order valence-corrected chi connectivity index (χ1v) is 21.3. The number of hydrogen-bond acceptors (Lipinski definition) is 7. The van der Waals surface area contributed by atoms with E-state index in [9.17, 15) is 0 Å². The number of nitrogen functional groups attached to an aromatic ring is 1. The summed E-state index contributed by atoms with van der Waals surface area (Å²) in [4.78, 5) is 14.7. The molecule has 0 bridgehead atoms. The molecular weight excluding hydrogens is 772 g/mol. The molecule has 10 heteroatoms. The van der Waals surface area contributed by atoms with Crippen LogP contribution in [0.4, 0.5) is 5.82 Å². The molecule has 0 unspecified atom stereocenters. The molecule has 0 amide bonds. The van der Waals surface area contributed by atoms with Gasteiger partial charge in [0.15, 0.2) is 33.6 Å². The number of halogens is 1. The van der Waals surface area contributed by atoms with Crippen molar-refractivity contribution in [2.45, 2.75) is 68.0 Å². The second kappa shape index (κ2) is 16.6. The molecule has 50 heavy (non-hydrogen) atoms. The van der Waals surface area contributed by atoms with E-state index in [4.69, 9.17) is 20.2 Å². The molecular formula is C40H42IN5O2PS+. The average Bonchev–Trinajstić information content (AvgIpc) is 3.76. The second-order valence-corrected chi connectivity index (χ2v) is 18.4. The van der Waals surface area contributed by atoms with Gasteiger partial charge < -0.3 is 19.8 Å². The summed E-state index contributed by atoms with van der Waals surface area (Å²) in [7, 11) is -1.74. The van der Waals surface area contributed by atoms with E-state index in [2.05, 4.69) is 128 Å². The summed E-state index contributed by atoms with van der Waals surface area (Å²) in [6, 6.07) is 37.8. The lowest BCUT2D eigenvalue weighted by atomic mass is 10.1. The summed E-state index contributed by atoms with van der Waals surface area (Å²) >= 11 is 3.95. The van der Waals surface area contributed by atoms with Crippen molar-refractivity contribution < 1.29 is 9.47 Å². The van der Waals surface area contributed by atoms with E-state index in [0.717, 1.165) is 50.2 Å². The van der Waals surface area contributed by atoms with Gasteiger partial charge in [0.1, 0.15) is 29.5 Å². The number of fused-ring (bicyclic) bond motifs is 2. The van der Waals surface area contributed by atoms with Crippen LogP contribution in [0.1, 0.15) is 51.4 Å². The van der Waals surface area contributed by atoms with Crippen LogP contribution >= 0.6 is 41.6 Å². The van der Waals surface area contributed by atoms with Crippen LogP contribution in [0.5, 0.6) is 11.5 Å². The van der Waals surface area contributed by atoms with Crippen LogP contribution in [0.25, 0.3) is 11.2 Å². The van der Waals surface area contributed by atoms with Gasteiger partial charge in [0.25, 0.3) is 0 Å². The summed E-state index contributed by atoms with van der Waals surface area (Å²) in [5, 5.41) is 5.29.